The van der Waals surface area contributed by atoms with Crippen LogP contribution in [0.5, 0.6) is 0 Å². The number of nitrogens with zero attached hydrogens (tertiary/aromatic N) is 1. The smallest absolute Gasteiger partial charge is 0.387 e. The minimum atomic E-state index is -4.38. The molecule has 0 aromatic carbocycles. The predicted octanol–water partition coefficient (Wildman–Crippen LogP) is 24.5. The fraction of sp³-hybridized carbons (Fsp3) is 0.671. The molecule has 0 fully saturated rings. The van der Waals surface area contributed by atoms with Crippen molar-refractivity contribution in [3.63, 3.8) is 0 Å². The van der Waals surface area contributed by atoms with Gasteiger partial charge in [-0.2, -0.15) is 0 Å². The van der Waals surface area contributed by atoms with E-state index in [-0.39, 0.29) is 19.1 Å². The number of amides is 1. The summed E-state index contributed by atoms with van der Waals surface area (Å²) in [4.78, 5) is 23.4. The Morgan fingerprint density at radius 2 is 0.670 bits per heavy atom. The summed E-state index contributed by atoms with van der Waals surface area (Å²) in [5.41, 5.74) is 0. The van der Waals surface area contributed by atoms with Crippen molar-refractivity contribution in [2.75, 3.05) is 40.9 Å². The van der Waals surface area contributed by atoms with Crippen molar-refractivity contribution < 1.29 is 32.9 Å². The highest BCUT2D eigenvalue weighted by molar-refractivity contribution is 7.47. The summed E-state index contributed by atoms with van der Waals surface area (Å²) < 4.78 is 23.8. The second-order valence-electron chi connectivity index (χ2n) is 25.9. The van der Waals surface area contributed by atoms with Crippen molar-refractivity contribution in [3.8, 4) is 0 Å². The Hall–Kier alpha value is -3.88. The molecule has 91 heavy (non-hydrogen) atoms. The van der Waals surface area contributed by atoms with E-state index in [4.69, 9.17) is 9.05 Å². The van der Waals surface area contributed by atoms with Gasteiger partial charge in [0, 0.05) is 6.42 Å². The van der Waals surface area contributed by atoms with Gasteiger partial charge in [-0.15, -0.1) is 0 Å². The van der Waals surface area contributed by atoms with E-state index < -0.39 is 20.0 Å². The van der Waals surface area contributed by atoms with E-state index in [0.29, 0.717) is 17.4 Å². The van der Waals surface area contributed by atoms with E-state index in [1.165, 1.54) is 167 Å². The van der Waals surface area contributed by atoms with Gasteiger partial charge in [0.15, 0.2) is 0 Å². The van der Waals surface area contributed by atoms with E-state index >= 15 is 0 Å². The number of phosphoric ester groups is 1. The van der Waals surface area contributed by atoms with Crippen LogP contribution in [0.3, 0.4) is 0 Å². The number of carbonyl (C=O) groups excluding carboxylic acids is 1. The molecule has 9 heteroatoms. The highest BCUT2D eigenvalue weighted by Crippen LogP contribution is 2.43. The number of allylic oxidation sites excluding steroid dienone is 25. The van der Waals surface area contributed by atoms with Crippen LogP contribution in [-0.2, 0) is 18.4 Å². The molecule has 0 aromatic rings. The Kier molecular flexibility index (Phi) is 67.4. The molecule has 0 bridgehead atoms. The number of quaternary nitrogens is 1. The maximum absolute atomic E-state index is 13.1. The first kappa shape index (κ1) is 87.1. The first-order chi connectivity index (χ1) is 44.5. The van der Waals surface area contributed by atoms with Crippen LogP contribution in [0.25, 0.3) is 0 Å². The quantitative estimate of drug-likeness (QED) is 0.0243. The molecular weight excluding hydrogens is 1140 g/mol. The molecule has 0 aliphatic heterocycles. The van der Waals surface area contributed by atoms with Gasteiger partial charge in [0.25, 0.3) is 0 Å². The van der Waals surface area contributed by atoms with Crippen LogP contribution in [0.15, 0.2) is 158 Å². The molecule has 3 atom stereocenters. The Labute approximate surface area is 562 Å². The van der Waals surface area contributed by atoms with Gasteiger partial charge in [-0.25, -0.2) is 4.57 Å². The average molecular weight is 1280 g/mol. The summed E-state index contributed by atoms with van der Waals surface area (Å²) >= 11 is 0. The van der Waals surface area contributed by atoms with Crippen molar-refractivity contribution in [2.24, 2.45) is 0 Å². The number of aliphatic hydroxyl groups excluding tert-OH is 1. The van der Waals surface area contributed by atoms with Crippen LogP contribution in [0.4, 0.5) is 0 Å². The normalized spacial score (nSPS) is 14.5. The van der Waals surface area contributed by atoms with Crippen molar-refractivity contribution in [1.29, 1.82) is 0 Å². The number of aliphatic hydroxyl groups is 1. The van der Waals surface area contributed by atoms with Crippen molar-refractivity contribution in [1.82, 2.24) is 5.32 Å². The van der Waals surface area contributed by atoms with Crippen LogP contribution >= 0.6 is 7.82 Å². The fourth-order valence-electron chi connectivity index (χ4n) is 10.2. The summed E-state index contributed by atoms with van der Waals surface area (Å²) in [7, 11) is 1.53. The van der Waals surface area contributed by atoms with Crippen molar-refractivity contribution in [2.45, 2.75) is 315 Å². The number of phosphoric acid groups is 1. The van der Waals surface area contributed by atoms with Crippen LogP contribution in [0.2, 0.25) is 0 Å². The minimum absolute atomic E-state index is 0.0456. The van der Waals surface area contributed by atoms with E-state index in [0.717, 1.165) is 116 Å². The molecule has 0 heterocycles. The number of unbranched alkanes of at least 4 members (excludes halogenated alkanes) is 30. The van der Waals surface area contributed by atoms with E-state index in [9.17, 15) is 19.4 Å². The molecule has 0 saturated heterocycles. The number of rotatable bonds is 67. The van der Waals surface area contributed by atoms with Crippen molar-refractivity contribution >= 4 is 13.7 Å². The predicted molar refractivity (Wildman–Crippen MR) is 400 cm³/mol. The summed E-state index contributed by atoms with van der Waals surface area (Å²) in [5, 5.41) is 14.0. The van der Waals surface area contributed by atoms with Gasteiger partial charge in [0.1, 0.15) is 13.2 Å². The summed E-state index contributed by atoms with van der Waals surface area (Å²) in [6.45, 7) is 4.68. The molecule has 0 aromatic heterocycles. The number of carbonyl (C=O) groups is 1. The van der Waals surface area contributed by atoms with Crippen molar-refractivity contribution in [3.05, 3.63) is 158 Å². The fourth-order valence-corrected chi connectivity index (χ4v) is 11.0. The van der Waals surface area contributed by atoms with Gasteiger partial charge in [0.2, 0.25) is 5.91 Å². The summed E-state index contributed by atoms with van der Waals surface area (Å²) in [6, 6.07) is -0.885. The standard InChI is InChI=1S/C82H141N2O6P/c1-6-8-10-12-14-16-18-20-22-24-26-28-30-32-34-36-37-38-39-40-41-42-43-44-45-46-47-48-50-52-54-56-58-60-62-64-66-68-70-72-74-76-82(86)83-80(79-90-91(87,88)89-78-77-84(3,4)5)81(85)75-73-71-69-67-65-63-61-59-57-55-53-51-49-35-33-31-29-27-25-23-21-19-17-15-13-11-9-7-2/h8,10,14,16,20,22,26,28,32,34,37-38,40-41,43-44,46-47,50,52,57,59,65,67,73,75,80-81,85H,6-7,9,11-13,15,17-19,21,23-25,27,29-31,33,35-36,39,42,45,48-49,51,53-56,58,60-64,66,68-72,74,76-79H2,1-5H3,(H-,83,86,87,88)/p+1/b10-8-,16-14-,22-20-,28-26-,34-32-,38-37-,41-40-,44-43-,47-46-,52-50-,59-57+,67-65+,75-73+. The molecule has 0 rings (SSSR count). The maximum Gasteiger partial charge on any atom is 0.472 e. The van der Waals surface area contributed by atoms with E-state index in [1.807, 2.05) is 27.2 Å². The summed E-state index contributed by atoms with van der Waals surface area (Å²) in [5.74, 6) is -0.199. The number of hydrogen-bond acceptors (Lipinski definition) is 5. The van der Waals surface area contributed by atoms with Crippen LogP contribution in [0.1, 0.15) is 303 Å². The third kappa shape index (κ3) is 73.4. The Morgan fingerprint density at radius 3 is 1.01 bits per heavy atom. The third-order valence-electron chi connectivity index (χ3n) is 16.0. The van der Waals surface area contributed by atoms with Gasteiger partial charge >= 0.3 is 7.82 Å². The molecule has 3 unspecified atom stereocenters. The molecule has 520 valence electrons. The largest absolute Gasteiger partial charge is 0.472 e. The lowest BCUT2D eigenvalue weighted by Crippen LogP contribution is -2.45. The highest BCUT2D eigenvalue weighted by Gasteiger charge is 2.28. The lowest BCUT2D eigenvalue weighted by atomic mass is 10.0. The van der Waals surface area contributed by atoms with Crippen LogP contribution in [-0.4, -0.2) is 73.4 Å². The van der Waals surface area contributed by atoms with Gasteiger partial charge in [-0.3, -0.25) is 13.8 Å². The minimum Gasteiger partial charge on any atom is -0.387 e. The Morgan fingerprint density at radius 1 is 0.385 bits per heavy atom. The van der Waals surface area contributed by atoms with Crippen LogP contribution < -0.4 is 5.32 Å². The van der Waals surface area contributed by atoms with E-state index in [2.05, 4.69) is 165 Å². The lowest BCUT2D eigenvalue weighted by Gasteiger charge is -2.25. The zero-order chi connectivity index (χ0) is 66.2. The second kappa shape index (κ2) is 70.4. The molecule has 1 amide bonds. The zero-order valence-electron chi connectivity index (χ0n) is 59.5. The van der Waals surface area contributed by atoms with Gasteiger partial charge < -0.3 is 19.8 Å². The lowest BCUT2D eigenvalue weighted by molar-refractivity contribution is -0.870. The molecule has 0 saturated carbocycles. The summed E-state index contributed by atoms with van der Waals surface area (Å²) in [6.07, 6.45) is 110. The third-order valence-corrected chi connectivity index (χ3v) is 16.9. The van der Waals surface area contributed by atoms with Gasteiger partial charge in [-0.05, 0) is 122 Å². The maximum atomic E-state index is 13.1. The SMILES string of the molecule is CC/C=C\C/C=C\C/C=C\C/C=C\C/C=C\C/C=C\C/C=C\C/C=C\C/C=C\C/C=C\CCCCCCCCCCCCC(=O)NC(COP(=O)(O)OCC[N+](C)(C)C)C(O)/C=C/CC/C=C/CC/C=C/CCCCCCCCCCCCCCCCCCCC. The molecule has 0 radical (unpaired) electrons. The van der Waals surface area contributed by atoms with Gasteiger partial charge in [-0.1, -0.05) is 332 Å². The molecule has 0 aliphatic carbocycles. The second-order valence-corrected chi connectivity index (χ2v) is 27.4. The Bertz CT molecular complexity index is 2050. The molecule has 0 spiro atoms. The monoisotopic (exact) mass is 1280 g/mol. The first-order valence-corrected chi connectivity index (χ1v) is 38.9. The van der Waals surface area contributed by atoms with E-state index in [1.54, 1.807) is 6.08 Å². The molecule has 0 aliphatic rings. The van der Waals surface area contributed by atoms with Crippen LogP contribution in [0, 0.1) is 0 Å². The molecular formula is C82H142N2O6P+. The highest BCUT2D eigenvalue weighted by atomic mass is 31.2. The number of hydrogen-bond donors (Lipinski definition) is 3. The van der Waals surface area contributed by atoms with Gasteiger partial charge in [0.05, 0.1) is 39.9 Å². The average Bonchev–Trinajstić information content (AvgIpc) is 3.59. The topological polar surface area (TPSA) is 105 Å². The molecule has 8 nitrogen and oxygen atoms in total. The zero-order valence-corrected chi connectivity index (χ0v) is 60.4. The molecule has 3 N–H and O–H groups in total. The first-order valence-electron chi connectivity index (χ1n) is 37.4. The Balaban J connectivity index is 4.16. The number of likely N-dealkylation sites (N-methyl/N-ethyl adjacent to an activating group) is 1. The number of nitrogens with one attached hydrogen (secondary N) is 1.